The minimum atomic E-state index is 0.487. The summed E-state index contributed by atoms with van der Waals surface area (Å²) in [7, 11) is 0. The van der Waals surface area contributed by atoms with Crippen LogP contribution in [0.25, 0.3) is 0 Å². The van der Waals surface area contributed by atoms with Crippen LogP contribution in [-0.2, 0) is 12.8 Å². The Morgan fingerprint density at radius 3 is 2.48 bits per heavy atom. The number of hydrogen-bond acceptors (Lipinski definition) is 5. The van der Waals surface area contributed by atoms with Gasteiger partial charge in [0.25, 0.3) is 0 Å². The van der Waals surface area contributed by atoms with E-state index in [2.05, 4.69) is 31.1 Å². The highest BCUT2D eigenvalue weighted by Gasteiger charge is 2.31. The lowest BCUT2D eigenvalue weighted by atomic mass is 9.83. The lowest BCUT2D eigenvalue weighted by Crippen LogP contribution is -2.23. The van der Waals surface area contributed by atoms with Crippen molar-refractivity contribution in [1.29, 1.82) is 0 Å². The van der Waals surface area contributed by atoms with Crippen molar-refractivity contribution in [2.24, 2.45) is 11.1 Å². The molecular weight excluding hydrogens is 356 g/mol. The standard InChI is InChI=1S/C22H38N2O2S/c1-4-6-7-8-9-10-11-12-13-19-22-20(23-25)15-18(14-17(3)27-5-2)16-21(22)26-24-19/h17-18,25H,4-16H2,1-3H3. The third kappa shape index (κ3) is 7.17. The number of hydrogen-bond donors (Lipinski definition) is 1. The van der Waals surface area contributed by atoms with Gasteiger partial charge in [-0.2, -0.15) is 11.8 Å². The van der Waals surface area contributed by atoms with Crippen molar-refractivity contribution in [3.63, 3.8) is 0 Å². The quantitative estimate of drug-likeness (QED) is 0.232. The molecule has 0 saturated heterocycles. The van der Waals surface area contributed by atoms with E-state index in [1.165, 1.54) is 44.9 Å². The van der Waals surface area contributed by atoms with E-state index in [4.69, 9.17) is 4.52 Å². The summed E-state index contributed by atoms with van der Waals surface area (Å²) in [4.78, 5) is 0. The Bertz CT molecular complexity index is 571. The van der Waals surface area contributed by atoms with Crippen LogP contribution in [0.1, 0.15) is 102 Å². The number of unbranched alkanes of at least 4 members (excludes halogenated alkanes) is 7. The van der Waals surface area contributed by atoms with Gasteiger partial charge in [0.05, 0.1) is 17.0 Å². The number of aromatic nitrogens is 1. The van der Waals surface area contributed by atoms with Gasteiger partial charge in [0.15, 0.2) is 0 Å². The summed E-state index contributed by atoms with van der Waals surface area (Å²) in [5, 5.41) is 18.1. The van der Waals surface area contributed by atoms with Crippen LogP contribution in [0.3, 0.4) is 0 Å². The normalized spacial score (nSPS) is 19.4. The van der Waals surface area contributed by atoms with Gasteiger partial charge >= 0.3 is 0 Å². The van der Waals surface area contributed by atoms with E-state index in [0.717, 1.165) is 60.6 Å². The summed E-state index contributed by atoms with van der Waals surface area (Å²) in [6, 6.07) is 0. The van der Waals surface area contributed by atoms with Crippen molar-refractivity contribution >= 4 is 17.5 Å². The maximum absolute atomic E-state index is 9.56. The Labute approximate surface area is 169 Å². The molecule has 0 amide bonds. The van der Waals surface area contributed by atoms with E-state index >= 15 is 0 Å². The van der Waals surface area contributed by atoms with Crippen LogP contribution in [0.5, 0.6) is 0 Å². The molecule has 0 saturated carbocycles. The first-order valence-electron chi connectivity index (χ1n) is 11.0. The maximum atomic E-state index is 9.56. The maximum Gasteiger partial charge on any atom is 0.146 e. The van der Waals surface area contributed by atoms with Gasteiger partial charge < -0.3 is 9.73 Å². The molecule has 0 radical (unpaired) electrons. The van der Waals surface area contributed by atoms with E-state index in [1.807, 2.05) is 11.8 Å². The summed E-state index contributed by atoms with van der Waals surface area (Å²) in [6.45, 7) is 6.75. The topological polar surface area (TPSA) is 58.6 Å². The second-order valence-electron chi connectivity index (χ2n) is 7.97. The first-order chi connectivity index (χ1) is 13.2. The SMILES string of the molecule is CCCCCCCCCCc1noc2c1C(=NO)CC(CC(C)SCC)C2. The van der Waals surface area contributed by atoms with Crippen LogP contribution >= 0.6 is 11.8 Å². The predicted octanol–water partition coefficient (Wildman–Crippen LogP) is 6.63. The Balaban J connectivity index is 1.82. The Hall–Kier alpha value is -0.970. The van der Waals surface area contributed by atoms with Gasteiger partial charge in [-0.15, -0.1) is 0 Å². The summed E-state index contributed by atoms with van der Waals surface area (Å²) in [5.41, 5.74) is 2.79. The molecule has 1 aliphatic carbocycles. The third-order valence-electron chi connectivity index (χ3n) is 5.58. The van der Waals surface area contributed by atoms with Crippen molar-refractivity contribution in [1.82, 2.24) is 5.16 Å². The molecule has 0 aromatic carbocycles. The zero-order chi connectivity index (χ0) is 19.5. The highest BCUT2D eigenvalue weighted by atomic mass is 32.2. The zero-order valence-corrected chi connectivity index (χ0v) is 18.3. The average molecular weight is 395 g/mol. The van der Waals surface area contributed by atoms with E-state index in [-0.39, 0.29) is 0 Å². The second-order valence-corrected chi connectivity index (χ2v) is 9.69. The molecule has 1 N–H and O–H groups in total. The van der Waals surface area contributed by atoms with Crippen LogP contribution < -0.4 is 0 Å². The molecule has 1 heterocycles. The molecule has 1 aromatic rings. The molecule has 4 nitrogen and oxygen atoms in total. The van der Waals surface area contributed by atoms with E-state index < -0.39 is 0 Å². The molecule has 27 heavy (non-hydrogen) atoms. The van der Waals surface area contributed by atoms with Crippen LogP contribution in [0.4, 0.5) is 0 Å². The van der Waals surface area contributed by atoms with E-state index in [1.54, 1.807) is 0 Å². The third-order valence-corrected chi connectivity index (χ3v) is 6.68. The first kappa shape index (κ1) is 22.3. The molecule has 0 bridgehead atoms. The number of fused-ring (bicyclic) bond motifs is 1. The molecule has 1 aliphatic rings. The van der Waals surface area contributed by atoms with Crippen molar-refractivity contribution in [3.05, 3.63) is 17.0 Å². The Morgan fingerprint density at radius 2 is 1.81 bits per heavy atom. The summed E-state index contributed by atoms with van der Waals surface area (Å²) < 4.78 is 5.66. The molecular formula is C22H38N2O2S. The van der Waals surface area contributed by atoms with Gasteiger partial charge in [-0.05, 0) is 37.4 Å². The summed E-state index contributed by atoms with van der Waals surface area (Å²) in [5.74, 6) is 2.56. The molecule has 2 unspecified atom stereocenters. The molecule has 5 heteroatoms. The van der Waals surface area contributed by atoms with Crippen molar-refractivity contribution in [3.8, 4) is 0 Å². The average Bonchev–Trinajstić information content (AvgIpc) is 3.06. The largest absolute Gasteiger partial charge is 0.411 e. The minimum absolute atomic E-state index is 0.487. The van der Waals surface area contributed by atoms with E-state index in [0.29, 0.717) is 11.2 Å². The first-order valence-corrected chi connectivity index (χ1v) is 12.0. The van der Waals surface area contributed by atoms with Crippen LogP contribution in [-0.4, -0.2) is 27.1 Å². The van der Waals surface area contributed by atoms with Crippen molar-refractivity contribution < 1.29 is 9.73 Å². The van der Waals surface area contributed by atoms with Crippen molar-refractivity contribution in [2.45, 2.75) is 103 Å². The van der Waals surface area contributed by atoms with Gasteiger partial charge in [-0.25, -0.2) is 0 Å². The molecule has 2 atom stereocenters. The van der Waals surface area contributed by atoms with Gasteiger partial charge in [-0.3, -0.25) is 0 Å². The van der Waals surface area contributed by atoms with Gasteiger partial charge in [0.1, 0.15) is 5.76 Å². The minimum Gasteiger partial charge on any atom is -0.411 e. The molecule has 0 aliphatic heterocycles. The fourth-order valence-corrected chi connectivity index (χ4v) is 5.19. The number of oxime groups is 1. The summed E-state index contributed by atoms with van der Waals surface area (Å²) in [6.07, 6.45) is 14.3. The zero-order valence-electron chi connectivity index (χ0n) is 17.5. The molecule has 1 aromatic heterocycles. The summed E-state index contributed by atoms with van der Waals surface area (Å²) >= 11 is 1.99. The van der Waals surface area contributed by atoms with Crippen LogP contribution in [0.2, 0.25) is 0 Å². The van der Waals surface area contributed by atoms with E-state index in [9.17, 15) is 5.21 Å². The molecule has 2 rings (SSSR count). The Kier molecular flexibility index (Phi) is 10.3. The van der Waals surface area contributed by atoms with Gasteiger partial charge in [0.2, 0.25) is 0 Å². The lowest BCUT2D eigenvalue weighted by molar-refractivity contribution is 0.310. The fraction of sp³-hybridized carbons (Fsp3) is 0.818. The molecule has 0 fully saturated rings. The highest BCUT2D eigenvalue weighted by molar-refractivity contribution is 7.99. The van der Waals surface area contributed by atoms with Crippen molar-refractivity contribution in [2.75, 3.05) is 5.75 Å². The smallest absolute Gasteiger partial charge is 0.146 e. The van der Waals surface area contributed by atoms with Gasteiger partial charge in [0, 0.05) is 11.7 Å². The molecule has 0 spiro atoms. The van der Waals surface area contributed by atoms with Crippen LogP contribution in [0.15, 0.2) is 9.68 Å². The lowest BCUT2D eigenvalue weighted by Gasteiger charge is -2.24. The number of aryl methyl sites for hydroxylation is 1. The van der Waals surface area contributed by atoms with Crippen LogP contribution in [0, 0.1) is 5.92 Å². The fourth-order valence-electron chi connectivity index (χ4n) is 4.22. The predicted molar refractivity (Wildman–Crippen MR) is 115 cm³/mol. The highest BCUT2D eigenvalue weighted by Crippen LogP contribution is 2.33. The molecule has 154 valence electrons. The number of thioether (sulfide) groups is 1. The second kappa shape index (κ2) is 12.5. The number of rotatable bonds is 13. The monoisotopic (exact) mass is 394 g/mol. The number of nitrogens with zero attached hydrogens (tertiary/aromatic N) is 2. The van der Waals surface area contributed by atoms with Gasteiger partial charge in [-0.1, -0.05) is 76.0 Å². The Morgan fingerprint density at radius 1 is 1.11 bits per heavy atom.